The fourth-order valence-electron chi connectivity index (χ4n) is 2.44. The Morgan fingerprint density at radius 1 is 0.679 bits per heavy atom. The number of hydrogen-bond acceptors (Lipinski definition) is 2. The van der Waals surface area contributed by atoms with Gasteiger partial charge < -0.3 is 0 Å². The number of benzene rings is 3. The lowest BCUT2D eigenvalue weighted by Gasteiger charge is -2.16. The summed E-state index contributed by atoms with van der Waals surface area (Å²) in [4.78, 5) is -0.379. The van der Waals surface area contributed by atoms with Crippen LogP contribution in [0.2, 0.25) is 0 Å². The van der Waals surface area contributed by atoms with Crippen LogP contribution in [0, 0.1) is 34.9 Å². The van der Waals surface area contributed by atoms with Gasteiger partial charge in [0.25, 0.3) is 10.0 Å². The smallest absolute Gasteiger partial charge is 0.262 e. The first-order valence-corrected chi connectivity index (χ1v) is 9.01. The number of nitrogens with one attached hydrogen (secondary N) is 1. The largest absolute Gasteiger partial charge is 0.276 e. The van der Waals surface area contributed by atoms with E-state index in [0.29, 0.717) is 12.1 Å². The molecule has 3 aromatic carbocycles. The van der Waals surface area contributed by atoms with Gasteiger partial charge in [-0.15, -0.1) is 0 Å². The fourth-order valence-corrected chi connectivity index (χ4v) is 3.54. The van der Waals surface area contributed by atoms with E-state index in [-0.39, 0.29) is 4.90 Å². The van der Waals surface area contributed by atoms with Gasteiger partial charge in [0.2, 0.25) is 0 Å². The highest BCUT2D eigenvalue weighted by atomic mass is 32.2. The van der Waals surface area contributed by atoms with Gasteiger partial charge in [-0.3, -0.25) is 4.72 Å². The van der Waals surface area contributed by atoms with Crippen LogP contribution in [0.15, 0.2) is 53.4 Å². The van der Waals surface area contributed by atoms with Crippen molar-refractivity contribution in [3.63, 3.8) is 0 Å². The van der Waals surface area contributed by atoms with Crippen LogP contribution in [0.25, 0.3) is 11.1 Å². The van der Waals surface area contributed by atoms with Crippen molar-refractivity contribution in [2.45, 2.75) is 4.90 Å². The van der Waals surface area contributed by atoms with E-state index in [1.807, 2.05) is 0 Å². The molecular formula is C18H9F6NO2S. The van der Waals surface area contributed by atoms with Crippen molar-refractivity contribution >= 4 is 15.7 Å². The van der Waals surface area contributed by atoms with Gasteiger partial charge in [-0.1, -0.05) is 24.3 Å². The van der Waals surface area contributed by atoms with E-state index in [1.165, 1.54) is 18.2 Å². The first-order valence-electron chi connectivity index (χ1n) is 7.52. The first-order chi connectivity index (χ1) is 13.1. The van der Waals surface area contributed by atoms with Crippen LogP contribution in [0.3, 0.4) is 0 Å². The molecule has 3 rings (SSSR count). The third-order valence-corrected chi connectivity index (χ3v) is 5.13. The summed E-state index contributed by atoms with van der Waals surface area (Å²) < 4.78 is 109. The second-order valence-corrected chi connectivity index (χ2v) is 7.24. The molecule has 0 heterocycles. The molecule has 3 aromatic rings. The second kappa shape index (κ2) is 7.19. The molecule has 0 saturated heterocycles. The van der Waals surface area contributed by atoms with Crippen molar-refractivity contribution in [3.05, 3.63) is 83.4 Å². The lowest BCUT2D eigenvalue weighted by atomic mass is 10.0. The summed E-state index contributed by atoms with van der Waals surface area (Å²) >= 11 is 0. The van der Waals surface area contributed by atoms with Crippen molar-refractivity contribution in [3.8, 4) is 11.1 Å². The molecule has 0 atom stereocenters. The second-order valence-electron chi connectivity index (χ2n) is 5.55. The van der Waals surface area contributed by atoms with Crippen molar-refractivity contribution in [2.75, 3.05) is 4.72 Å². The van der Waals surface area contributed by atoms with E-state index >= 15 is 0 Å². The Hall–Kier alpha value is -3.01. The lowest BCUT2D eigenvalue weighted by molar-refractivity contribution is 0.413. The molecule has 0 saturated carbocycles. The van der Waals surface area contributed by atoms with Gasteiger partial charge in [0.15, 0.2) is 34.9 Å². The number of anilines is 1. The monoisotopic (exact) mass is 417 g/mol. The van der Waals surface area contributed by atoms with Crippen molar-refractivity contribution in [1.29, 1.82) is 0 Å². The standard InChI is InChI=1S/C18H9F6NO2S/c19-11-7-6-9(8-12(11)20)13-14(21)15(22)16(23)17(24)18(13)25-28(26,27)10-4-2-1-3-5-10/h1-8,25H. The molecule has 1 N–H and O–H groups in total. The summed E-state index contributed by atoms with van der Waals surface area (Å²) in [5.41, 5.74) is -3.01. The number of sulfonamides is 1. The summed E-state index contributed by atoms with van der Waals surface area (Å²) in [5.74, 6) is -11.3. The molecule has 0 spiro atoms. The van der Waals surface area contributed by atoms with Crippen LogP contribution < -0.4 is 4.72 Å². The maximum atomic E-state index is 14.4. The summed E-state index contributed by atoms with van der Waals surface area (Å²) in [5, 5.41) is 0. The number of rotatable bonds is 4. The highest BCUT2D eigenvalue weighted by molar-refractivity contribution is 7.92. The van der Waals surface area contributed by atoms with Gasteiger partial charge in [0.05, 0.1) is 10.6 Å². The molecule has 0 amide bonds. The maximum absolute atomic E-state index is 14.4. The predicted molar refractivity (Wildman–Crippen MR) is 88.9 cm³/mol. The molecule has 0 unspecified atom stereocenters. The van der Waals surface area contributed by atoms with E-state index in [9.17, 15) is 34.8 Å². The molecule has 0 aliphatic carbocycles. The Labute approximate surface area is 155 Å². The number of hydrogen-bond donors (Lipinski definition) is 1. The minimum Gasteiger partial charge on any atom is -0.276 e. The van der Waals surface area contributed by atoms with Gasteiger partial charge in [-0.2, -0.15) is 0 Å². The minimum atomic E-state index is -4.54. The predicted octanol–water partition coefficient (Wildman–Crippen LogP) is 4.99. The third kappa shape index (κ3) is 3.42. The van der Waals surface area contributed by atoms with E-state index in [0.717, 1.165) is 18.2 Å². The Morgan fingerprint density at radius 2 is 1.29 bits per heavy atom. The van der Waals surface area contributed by atoms with Gasteiger partial charge in [-0.25, -0.2) is 34.8 Å². The average Bonchev–Trinajstić information content (AvgIpc) is 2.67. The zero-order valence-electron chi connectivity index (χ0n) is 13.6. The van der Waals surface area contributed by atoms with Gasteiger partial charge in [-0.05, 0) is 29.8 Å². The van der Waals surface area contributed by atoms with Crippen LogP contribution in [0.4, 0.5) is 32.0 Å². The minimum absolute atomic E-state index is 0.379. The molecule has 0 aliphatic heterocycles. The van der Waals surface area contributed by atoms with Crippen LogP contribution in [0.5, 0.6) is 0 Å². The number of halogens is 6. The SMILES string of the molecule is O=S(=O)(Nc1c(F)c(F)c(F)c(F)c1-c1ccc(F)c(F)c1)c1ccccc1. The molecule has 0 fully saturated rings. The van der Waals surface area contributed by atoms with Crippen LogP contribution >= 0.6 is 0 Å². The topological polar surface area (TPSA) is 46.2 Å². The first kappa shape index (κ1) is 19.7. The van der Waals surface area contributed by atoms with E-state index in [2.05, 4.69) is 0 Å². The van der Waals surface area contributed by atoms with Gasteiger partial charge in [0.1, 0.15) is 0 Å². The molecule has 0 aromatic heterocycles. The Kier molecular flexibility index (Phi) is 5.07. The van der Waals surface area contributed by atoms with E-state index in [1.54, 1.807) is 4.72 Å². The normalized spacial score (nSPS) is 11.5. The quantitative estimate of drug-likeness (QED) is 0.369. The highest BCUT2D eigenvalue weighted by Crippen LogP contribution is 2.38. The lowest BCUT2D eigenvalue weighted by Crippen LogP contribution is -2.17. The highest BCUT2D eigenvalue weighted by Gasteiger charge is 2.29. The molecule has 146 valence electrons. The fraction of sp³-hybridized carbons (Fsp3) is 0. The zero-order valence-corrected chi connectivity index (χ0v) is 14.4. The molecule has 0 bridgehead atoms. The molecule has 28 heavy (non-hydrogen) atoms. The molecule has 10 heteroatoms. The average molecular weight is 417 g/mol. The van der Waals surface area contributed by atoms with Gasteiger partial charge >= 0.3 is 0 Å². The Bertz CT molecular complexity index is 1170. The molecular weight excluding hydrogens is 408 g/mol. The summed E-state index contributed by atoms with van der Waals surface area (Å²) in [6, 6.07) is 8.10. The maximum Gasteiger partial charge on any atom is 0.262 e. The van der Waals surface area contributed by atoms with Crippen LogP contribution in [0.1, 0.15) is 0 Å². The Balaban J connectivity index is 2.27. The van der Waals surface area contributed by atoms with Crippen molar-refractivity contribution in [2.24, 2.45) is 0 Å². The summed E-state index contributed by atoms with van der Waals surface area (Å²) in [6.45, 7) is 0. The molecule has 0 radical (unpaired) electrons. The van der Waals surface area contributed by atoms with Crippen LogP contribution in [-0.4, -0.2) is 8.42 Å². The van der Waals surface area contributed by atoms with Gasteiger partial charge in [0, 0.05) is 5.56 Å². The zero-order chi connectivity index (χ0) is 20.6. The van der Waals surface area contributed by atoms with E-state index in [4.69, 9.17) is 0 Å². The summed E-state index contributed by atoms with van der Waals surface area (Å²) in [6.07, 6.45) is 0. The van der Waals surface area contributed by atoms with Crippen molar-refractivity contribution < 1.29 is 34.8 Å². The van der Waals surface area contributed by atoms with Crippen LogP contribution in [-0.2, 0) is 10.0 Å². The third-order valence-electron chi connectivity index (χ3n) is 3.77. The van der Waals surface area contributed by atoms with E-state index < -0.39 is 61.7 Å². The molecule has 0 aliphatic rings. The summed E-state index contributed by atoms with van der Waals surface area (Å²) in [7, 11) is -4.54. The van der Waals surface area contributed by atoms with Crippen molar-refractivity contribution in [1.82, 2.24) is 0 Å². The Morgan fingerprint density at radius 3 is 1.89 bits per heavy atom. The molecule has 3 nitrogen and oxygen atoms in total.